The van der Waals surface area contributed by atoms with Gasteiger partial charge in [-0.2, -0.15) is 0 Å². The van der Waals surface area contributed by atoms with Crippen LogP contribution in [0.3, 0.4) is 0 Å². The highest BCUT2D eigenvalue weighted by molar-refractivity contribution is 5.92. The van der Waals surface area contributed by atoms with E-state index in [9.17, 15) is 9.90 Å². The number of aliphatic hydroxyl groups is 1. The van der Waals surface area contributed by atoms with Crippen LogP contribution in [-0.2, 0) is 0 Å². The minimum absolute atomic E-state index is 0.259. The van der Waals surface area contributed by atoms with Crippen molar-refractivity contribution in [3.8, 4) is 0 Å². The van der Waals surface area contributed by atoms with E-state index in [1.807, 2.05) is 6.92 Å². The molecule has 2 N–H and O–H groups in total. The highest BCUT2D eigenvalue weighted by Crippen LogP contribution is 2.07. The number of aliphatic hydroxyl groups excluding tert-OH is 1. The van der Waals surface area contributed by atoms with Crippen LogP contribution in [0.4, 0.5) is 0 Å². The van der Waals surface area contributed by atoms with Gasteiger partial charge in [0.05, 0.1) is 12.4 Å². The summed E-state index contributed by atoms with van der Waals surface area (Å²) >= 11 is 0. The maximum atomic E-state index is 11.4. The second kappa shape index (κ2) is 4.81. The Morgan fingerprint density at radius 3 is 2.93 bits per heavy atom. The van der Waals surface area contributed by atoms with Crippen LogP contribution in [0.15, 0.2) is 16.7 Å². The number of hydrogen-bond acceptors (Lipinski definition) is 3. The monoisotopic (exact) mass is 197 g/mol. The molecule has 1 unspecified atom stereocenters. The highest BCUT2D eigenvalue weighted by Gasteiger charge is 2.12. The van der Waals surface area contributed by atoms with Crippen molar-refractivity contribution in [1.82, 2.24) is 5.32 Å². The van der Waals surface area contributed by atoms with Gasteiger partial charge in [0.2, 0.25) is 0 Å². The average molecular weight is 197 g/mol. The smallest absolute Gasteiger partial charge is 0.287 e. The molecular formula is C10H15NO3. The lowest BCUT2D eigenvalue weighted by atomic mass is 10.2. The van der Waals surface area contributed by atoms with Gasteiger partial charge in [0.25, 0.3) is 5.91 Å². The van der Waals surface area contributed by atoms with E-state index in [2.05, 4.69) is 5.32 Å². The molecule has 0 fully saturated rings. The third-order valence-corrected chi connectivity index (χ3v) is 2.04. The molecule has 0 saturated heterocycles. The minimum atomic E-state index is -0.491. The largest absolute Gasteiger partial charge is 0.459 e. The molecule has 0 aromatic carbocycles. The third-order valence-electron chi connectivity index (χ3n) is 2.04. The lowest BCUT2D eigenvalue weighted by Gasteiger charge is -2.08. The fourth-order valence-corrected chi connectivity index (χ4v) is 1.04. The van der Waals surface area contributed by atoms with Gasteiger partial charge in [-0.15, -0.1) is 0 Å². The van der Waals surface area contributed by atoms with Crippen molar-refractivity contribution in [2.45, 2.75) is 26.4 Å². The molecule has 0 aliphatic carbocycles. The molecule has 4 heteroatoms. The summed E-state index contributed by atoms with van der Waals surface area (Å²) in [6.45, 7) is 3.92. The van der Waals surface area contributed by atoms with Crippen LogP contribution < -0.4 is 5.32 Å². The van der Waals surface area contributed by atoms with E-state index in [0.29, 0.717) is 12.2 Å². The van der Waals surface area contributed by atoms with Crippen LogP contribution in [0.5, 0.6) is 0 Å². The first-order chi connectivity index (χ1) is 6.65. The zero-order chi connectivity index (χ0) is 10.6. The Hall–Kier alpha value is -1.29. The Kier molecular flexibility index (Phi) is 3.71. The second-order valence-electron chi connectivity index (χ2n) is 3.20. The first-order valence-corrected chi connectivity index (χ1v) is 4.65. The standard InChI is InChI=1S/C10H15NO3/c1-3-8(12)6-11-10(13)9-7(2)4-5-14-9/h4-5,8,12H,3,6H2,1-2H3,(H,11,13). The van der Waals surface area contributed by atoms with Gasteiger partial charge < -0.3 is 14.8 Å². The maximum Gasteiger partial charge on any atom is 0.287 e. The van der Waals surface area contributed by atoms with Gasteiger partial charge in [0, 0.05) is 12.1 Å². The van der Waals surface area contributed by atoms with Crippen molar-refractivity contribution in [3.05, 3.63) is 23.7 Å². The highest BCUT2D eigenvalue weighted by atomic mass is 16.3. The molecule has 0 aliphatic rings. The molecule has 0 aliphatic heterocycles. The van der Waals surface area contributed by atoms with Crippen molar-refractivity contribution in [2.75, 3.05) is 6.54 Å². The van der Waals surface area contributed by atoms with E-state index in [0.717, 1.165) is 5.56 Å². The van der Waals surface area contributed by atoms with Gasteiger partial charge in [-0.05, 0) is 19.4 Å². The van der Waals surface area contributed by atoms with Crippen LogP contribution in [-0.4, -0.2) is 23.7 Å². The number of nitrogens with one attached hydrogen (secondary N) is 1. The third kappa shape index (κ3) is 2.60. The van der Waals surface area contributed by atoms with Crippen molar-refractivity contribution >= 4 is 5.91 Å². The first-order valence-electron chi connectivity index (χ1n) is 4.65. The van der Waals surface area contributed by atoms with Gasteiger partial charge in [0.1, 0.15) is 0 Å². The van der Waals surface area contributed by atoms with E-state index in [1.165, 1.54) is 6.26 Å². The lowest BCUT2D eigenvalue weighted by molar-refractivity contribution is 0.0886. The van der Waals surface area contributed by atoms with Crippen LogP contribution in [0.25, 0.3) is 0 Å². The predicted octanol–water partition coefficient (Wildman–Crippen LogP) is 1.09. The zero-order valence-corrected chi connectivity index (χ0v) is 8.41. The van der Waals surface area contributed by atoms with Crippen LogP contribution in [0.1, 0.15) is 29.5 Å². The Morgan fingerprint density at radius 2 is 2.43 bits per heavy atom. The summed E-state index contributed by atoms with van der Waals surface area (Å²) in [7, 11) is 0. The summed E-state index contributed by atoms with van der Waals surface area (Å²) in [6, 6.07) is 1.73. The SMILES string of the molecule is CCC(O)CNC(=O)c1occc1C. The van der Waals surface area contributed by atoms with Crippen LogP contribution in [0.2, 0.25) is 0 Å². The Labute approximate surface area is 82.9 Å². The fraction of sp³-hybridized carbons (Fsp3) is 0.500. The van der Waals surface area contributed by atoms with Crippen LogP contribution in [0, 0.1) is 6.92 Å². The van der Waals surface area contributed by atoms with Gasteiger partial charge in [-0.3, -0.25) is 4.79 Å². The molecule has 1 aromatic heterocycles. The number of rotatable bonds is 4. The van der Waals surface area contributed by atoms with E-state index in [4.69, 9.17) is 4.42 Å². The zero-order valence-electron chi connectivity index (χ0n) is 8.41. The molecule has 14 heavy (non-hydrogen) atoms. The molecular weight excluding hydrogens is 182 g/mol. The number of carbonyl (C=O) groups excluding carboxylic acids is 1. The molecule has 0 bridgehead atoms. The summed E-state index contributed by atoms with van der Waals surface area (Å²) in [5, 5.41) is 11.8. The van der Waals surface area contributed by atoms with Gasteiger partial charge >= 0.3 is 0 Å². The quantitative estimate of drug-likeness (QED) is 0.759. The lowest BCUT2D eigenvalue weighted by Crippen LogP contribution is -2.31. The number of furan rings is 1. The second-order valence-corrected chi connectivity index (χ2v) is 3.20. The topological polar surface area (TPSA) is 62.5 Å². The average Bonchev–Trinajstić information content (AvgIpc) is 2.60. The number of hydrogen-bond donors (Lipinski definition) is 2. The Balaban J connectivity index is 2.47. The van der Waals surface area contributed by atoms with E-state index in [-0.39, 0.29) is 12.5 Å². The first kappa shape index (κ1) is 10.8. The summed E-state index contributed by atoms with van der Waals surface area (Å²) in [6.07, 6.45) is 1.60. The molecule has 1 aromatic rings. The molecule has 1 rings (SSSR count). The molecule has 0 spiro atoms. The molecule has 1 atom stereocenters. The summed E-state index contributed by atoms with van der Waals surface area (Å²) < 4.78 is 5.00. The predicted molar refractivity (Wildman–Crippen MR) is 52.1 cm³/mol. The number of carbonyl (C=O) groups is 1. The Morgan fingerprint density at radius 1 is 1.71 bits per heavy atom. The summed E-state index contributed by atoms with van der Waals surface area (Å²) in [4.78, 5) is 11.4. The number of amides is 1. The van der Waals surface area contributed by atoms with Gasteiger partial charge in [-0.25, -0.2) is 0 Å². The Bertz CT molecular complexity index is 306. The van der Waals surface area contributed by atoms with E-state index < -0.39 is 6.10 Å². The van der Waals surface area contributed by atoms with Crippen molar-refractivity contribution < 1.29 is 14.3 Å². The van der Waals surface area contributed by atoms with Gasteiger partial charge in [0.15, 0.2) is 5.76 Å². The van der Waals surface area contributed by atoms with E-state index >= 15 is 0 Å². The molecule has 0 radical (unpaired) electrons. The fourth-order valence-electron chi connectivity index (χ4n) is 1.04. The molecule has 1 heterocycles. The van der Waals surface area contributed by atoms with Crippen molar-refractivity contribution in [3.63, 3.8) is 0 Å². The minimum Gasteiger partial charge on any atom is -0.459 e. The van der Waals surface area contributed by atoms with Crippen molar-refractivity contribution in [1.29, 1.82) is 0 Å². The molecule has 4 nitrogen and oxygen atoms in total. The molecule has 1 amide bonds. The van der Waals surface area contributed by atoms with Gasteiger partial charge in [-0.1, -0.05) is 6.92 Å². The number of aryl methyl sites for hydroxylation is 1. The van der Waals surface area contributed by atoms with E-state index in [1.54, 1.807) is 13.0 Å². The maximum absolute atomic E-state index is 11.4. The summed E-state index contributed by atoms with van der Waals surface area (Å²) in [5.74, 6) is 0.0355. The van der Waals surface area contributed by atoms with Crippen LogP contribution >= 0.6 is 0 Å². The molecule has 0 saturated carbocycles. The molecule has 78 valence electrons. The normalized spacial score (nSPS) is 12.5. The van der Waals surface area contributed by atoms with Crippen molar-refractivity contribution in [2.24, 2.45) is 0 Å². The summed E-state index contributed by atoms with van der Waals surface area (Å²) in [5.41, 5.74) is 0.800.